The zero-order valence-electron chi connectivity index (χ0n) is 15.0. The van der Waals surface area contributed by atoms with Crippen LogP contribution in [0.1, 0.15) is 38.8 Å². The summed E-state index contributed by atoms with van der Waals surface area (Å²) in [5, 5.41) is 8.22. The van der Waals surface area contributed by atoms with Crippen molar-refractivity contribution < 1.29 is 4.79 Å². The summed E-state index contributed by atoms with van der Waals surface area (Å²) in [5.74, 6) is 0.678. The summed E-state index contributed by atoms with van der Waals surface area (Å²) in [5.41, 5.74) is 0.534. The van der Waals surface area contributed by atoms with Crippen molar-refractivity contribution in [2.75, 3.05) is 24.5 Å². The molecule has 25 heavy (non-hydrogen) atoms. The largest absolute Gasteiger partial charge is 0.356 e. The van der Waals surface area contributed by atoms with Gasteiger partial charge in [-0.3, -0.25) is 9.59 Å². The molecule has 1 N–H and O–H groups in total. The minimum absolute atomic E-state index is 0.0284. The lowest BCUT2D eigenvalue weighted by Gasteiger charge is -2.31. The van der Waals surface area contributed by atoms with E-state index in [1.54, 1.807) is 6.92 Å². The van der Waals surface area contributed by atoms with Gasteiger partial charge in [-0.25, -0.2) is 4.98 Å². The zero-order chi connectivity index (χ0) is 18.0. The van der Waals surface area contributed by atoms with E-state index in [4.69, 9.17) is 0 Å². The third kappa shape index (κ3) is 4.18. The quantitative estimate of drug-likeness (QED) is 0.877. The van der Waals surface area contributed by atoms with Crippen molar-refractivity contribution in [1.82, 2.24) is 19.9 Å². The SMILES string of the molecule is Cc1cc(=O)n2nc(N3CCC[C@H](C(=O)NCCC(C)C)C3)sc2n1. The van der Waals surface area contributed by atoms with Gasteiger partial charge < -0.3 is 10.2 Å². The Kier molecular flexibility index (Phi) is 5.36. The Balaban J connectivity index is 1.70. The van der Waals surface area contributed by atoms with E-state index in [2.05, 4.69) is 34.1 Å². The highest BCUT2D eigenvalue weighted by Gasteiger charge is 2.27. The molecule has 1 amide bonds. The van der Waals surface area contributed by atoms with Crippen LogP contribution in [0.25, 0.3) is 4.96 Å². The molecule has 1 aliphatic heterocycles. The van der Waals surface area contributed by atoms with E-state index >= 15 is 0 Å². The average Bonchev–Trinajstić information content (AvgIpc) is 2.99. The first-order chi connectivity index (χ1) is 11.9. The number of nitrogens with one attached hydrogen (secondary N) is 1. The second-order valence-electron chi connectivity index (χ2n) is 7.07. The molecule has 1 saturated heterocycles. The van der Waals surface area contributed by atoms with Gasteiger partial charge >= 0.3 is 0 Å². The number of rotatable bonds is 5. The maximum Gasteiger partial charge on any atom is 0.275 e. The molecule has 0 saturated carbocycles. The van der Waals surface area contributed by atoms with Gasteiger partial charge in [-0.05, 0) is 32.1 Å². The molecule has 7 nitrogen and oxygen atoms in total. The summed E-state index contributed by atoms with van der Waals surface area (Å²) < 4.78 is 1.35. The van der Waals surface area contributed by atoms with Crippen LogP contribution in [0, 0.1) is 18.8 Å². The average molecular weight is 363 g/mol. The van der Waals surface area contributed by atoms with Crippen molar-refractivity contribution >= 4 is 27.3 Å². The lowest BCUT2D eigenvalue weighted by Crippen LogP contribution is -2.43. The smallest absolute Gasteiger partial charge is 0.275 e. The molecule has 2 aromatic heterocycles. The second kappa shape index (κ2) is 7.51. The molecule has 0 aliphatic carbocycles. The summed E-state index contributed by atoms with van der Waals surface area (Å²) >= 11 is 1.40. The molecular formula is C17H25N5O2S. The first kappa shape index (κ1) is 17.8. The van der Waals surface area contributed by atoms with Crippen molar-refractivity contribution in [3.63, 3.8) is 0 Å². The molecule has 8 heteroatoms. The van der Waals surface area contributed by atoms with Crippen LogP contribution in [0.5, 0.6) is 0 Å². The van der Waals surface area contributed by atoms with Gasteiger partial charge in [0.05, 0.1) is 5.92 Å². The van der Waals surface area contributed by atoms with E-state index < -0.39 is 0 Å². The van der Waals surface area contributed by atoms with Gasteiger partial charge in [0.1, 0.15) is 0 Å². The van der Waals surface area contributed by atoms with Gasteiger partial charge in [0.25, 0.3) is 5.56 Å². The molecule has 1 aliphatic rings. The molecular weight excluding hydrogens is 338 g/mol. The number of aromatic nitrogens is 3. The Morgan fingerprint density at radius 1 is 1.48 bits per heavy atom. The van der Waals surface area contributed by atoms with Crippen LogP contribution in [0.4, 0.5) is 5.13 Å². The maximum atomic E-state index is 12.4. The topological polar surface area (TPSA) is 79.6 Å². The molecule has 0 radical (unpaired) electrons. The van der Waals surface area contributed by atoms with Gasteiger partial charge in [0.2, 0.25) is 16.0 Å². The highest BCUT2D eigenvalue weighted by atomic mass is 32.1. The van der Waals surface area contributed by atoms with E-state index in [1.165, 1.54) is 21.9 Å². The predicted molar refractivity (Wildman–Crippen MR) is 99.3 cm³/mol. The second-order valence-corrected chi connectivity index (χ2v) is 8.01. The van der Waals surface area contributed by atoms with Gasteiger partial charge in [-0.15, -0.1) is 5.10 Å². The van der Waals surface area contributed by atoms with E-state index in [1.807, 2.05) is 0 Å². The number of amides is 1. The molecule has 0 aromatic carbocycles. The molecule has 3 heterocycles. The van der Waals surface area contributed by atoms with Crippen molar-refractivity contribution in [3.8, 4) is 0 Å². The Hall–Kier alpha value is -1.96. The fraction of sp³-hybridized carbons (Fsp3) is 0.647. The Labute approximate surface area is 151 Å². The molecule has 0 spiro atoms. The maximum absolute atomic E-state index is 12.4. The standard InChI is InChI=1S/C17H25N5O2S/c1-11(2)6-7-18-15(24)13-5-4-8-21(10-13)17-20-22-14(23)9-12(3)19-16(22)25-17/h9,11,13H,4-8,10H2,1-3H3,(H,18,24)/t13-/m0/s1. The van der Waals surface area contributed by atoms with Crippen molar-refractivity contribution in [1.29, 1.82) is 0 Å². The number of aryl methyl sites for hydroxylation is 1. The molecule has 1 atom stereocenters. The van der Waals surface area contributed by atoms with Crippen LogP contribution >= 0.6 is 11.3 Å². The van der Waals surface area contributed by atoms with Crippen LogP contribution in [-0.4, -0.2) is 40.1 Å². The molecule has 2 aromatic rings. The van der Waals surface area contributed by atoms with Gasteiger partial charge in [-0.2, -0.15) is 4.52 Å². The van der Waals surface area contributed by atoms with Crippen LogP contribution in [0.15, 0.2) is 10.9 Å². The monoisotopic (exact) mass is 363 g/mol. The Morgan fingerprint density at radius 3 is 3.04 bits per heavy atom. The number of nitrogens with zero attached hydrogens (tertiary/aromatic N) is 4. The van der Waals surface area contributed by atoms with E-state index in [0.29, 0.717) is 23.1 Å². The molecule has 0 bridgehead atoms. The number of carbonyl (C=O) groups is 1. The van der Waals surface area contributed by atoms with Crippen molar-refractivity contribution in [2.24, 2.45) is 11.8 Å². The summed E-state index contributed by atoms with van der Waals surface area (Å²) in [7, 11) is 0. The fourth-order valence-corrected chi connectivity index (χ4v) is 4.02. The predicted octanol–water partition coefficient (Wildman–Crippen LogP) is 1.84. The van der Waals surface area contributed by atoms with Crippen LogP contribution in [0.2, 0.25) is 0 Å². The number of piperidine rings is 1. The third-order valence-corrected chi connectivity index (χ3v) is 5.42. The van der Waals surface area contributed by atoms with Gasteiger partial charge in [0, 0.05) is 31.4 Å². The highest BCUT2D eigenvalue weighted by molar-refractivity contribution is 7.20. The van der Waals surface area contributed by atoms with Crippen molar-refractivity contribution in [2.45, 2.75) is 40.0 Å². The van der Waals surface area contributed by atoms with Crippen LogP contribution in [0.3, 0.4) is 0 Å². The number of fused-ring (bicyclic) bond motifs is 1. The summed E-state index contributed by atoms with van der Waals surface area (Å²) in [6, 6.07) is 1.48. The highest BCUT2D eigenvalue weighted by Crippen LogP contribution is 2.26. The Bertz CT molecular complexity index is 813. The third-order valence-electron chi connectivity index (χ3n) is 4.45. The van der Waals surface area contributed by atoms with Crippen LogP contribution in [-0.2, 0) is 4.79 Å². The molecule has 136 valence electrons. The lowest BCUT2D eigenvalue weighted by molar-refractivity contribution is -0.125. The normalized spacial score (nSPS) is 18.1. The number of carbonyl (C=O) groups excluding carboxylic acids is 1. The van der Waals surface area contributed by atoms with Gasteiger partial charge in [-0.1, -0.05) is 25.2 Å². The number of anilines is 1. The van der Waals surface area contributed by atoms with E-state index in [-0.39, 0.29) is 17.4 Å². The van der Waals surface area contributed by atoms with Gasteiger partial charge in [0.15, 0.2) is 0 Å². The van der Waals surface area contributed by atoms with Crippen molar-refractivity contribution in [3.05, 3.63) is 22.1 Å². The van der Waals surface area contributed by atoms with E-state index in [0.717, 1.165) is 37.5 Å². The molecule has 3 rings (SSSR count). The lowest BCUT2D eigenvalue weighted by atomic mass is 9.97. The first-order valence-electron chi connectivity index (χ1n) is 8.84. The summed E-state index contributed by atoms with van der Waals surface area (Å²) in [4.78, 5) is 31.5. The minimum Gasteiger partial charge on any atom is -0.356 e. The fourth-order valence-electron chi connectivity index (χ4n) is 3.03. The summed E-state index contributed by atoms with van der Waals surface area (Å²) in [6.07, 6.45) is 2.83. The number of hydrogen-bond donors (Lipinski definition) is 1. The molecule has 1 fully saturated rings. The Morgan fingerprint density at radius 2 is 2.28 bits per heavy atom. The molecule has 0 unspecified atom stereocenters. The first-order valence-corrected chi connectivity index (χ1v) is 9.66. The summed E-state index contributed by atoms with van der Waals surface area (Å²) in [6.45, 7) is 8.33. The van der Waals surface area contributed by atoms with Crippen LogP contribution < -0.4 is 15.8 Å². The van der Waals surface area contributed by atoms with E-state index in [9.17, 15) is 9.59 Å². The zero-order valence-corrected chi connectivity index (χ0v) is 15.8. The minimum atomic E-state index is -0.162. The number of hydrogen-bond acceptors (Lipinski definition) is 6.